The number of rotatable bonds is 3. The molecule has 0 aliphatic carbocycles. The number of methoxy groups -OCH3 is 1. The molecule has 0 saturated carbocycles. The minimum atomic E-state index is -0.281. The number of esters is 1. The molecular weight excluding hydrogens is 234 g/mol. The molecule has 1 aromatic carbocycles. The van der Waals surface area contributed by atoms with Crippen molar-refractivity contribution in [3.8, 4) is 0 Å². The molecule has 15 heavy (non-hydrogen) atoms. The number of aryl methyl sites for hydroxylation is 1. The van der Waals surface area contributed by atoms with Gasteiger partial charge in [0.15, 0.2) is 0 Å². The van der Waals surface area contributed by atoms with Crippen LogP contribution in [0.4, 0.5) is 5.69 Å². The number of ether oxygens (including phenoxy) is 1. The summed E-state index contributed by atoms with van der Waals surface area (Å²) in [5.41, 5.74) is 7.42. The largest absolute Gasteiger partial charge is 0.468 e. The number of thioether (sulfide) groups is 1. The van der Waals surface area contributed by atoms with Gasteiger partial charge in [-0.1, -0.05) is 11.6 Å². The molecule has 1 aromatic rings. The second-order valence-electron chi connectivity index (χ2n) is 3.00. The topological polar surface area (TPSA) is 52.3 Å². The Kier molecular flexibility index (Phi) is 4.29. The highest BCUT2D eigenvalue weighted by Crippen LogP contribution is 2.31. The average molecular weight is 246 g/mol. The van der Waals surface area contributed by atoms with Crippen LogP contribution < -0.4 is 5.73 Å². The van der Waals surface area contributed by atoms with E-state index >= 15 is 0 Å². The van der Waals surface area contributed by atoms with Crippen LogP contribution in [0.3, 0.4) is 0 Å². The van der Waals surface area contributed by atoms with Crippen LogP contribution in [0.1, 0.15) is 5.56 Å². The molecule has 82 valence electrons. The van der Waals surface area contributed by atoms with Gasteiger partial charge in [-0.2, -0.15) is 0 Å². The lowest BCUT2D eigenvalue weighted by Crippen LogP contribution is -2.03. The Morgan fingerprint density at radius 3 is 2.87 bits per heavy atom. The summed E-state index contributed by atoms with van der Waals surface area (Å²) in [5, 5.41) is 0.620. The minimum absolute atomic E-state index is 0.237. The minimum Gasteiger partial charge on any atom is -0.468 e. The van der Waals surface area contributed by atoms with E-state index in [-0.39, 0.29) is 11.7 Å². The molecule has 0 spiro atoms. The molecule has 0 heterocycles. The zero-order chi connectivity index (χ0) is 11.4. The number of anilines is 1. The van der Waals surface area contributed by atoms with Crippen molar-refractivity contribution in [3.63, 3.8) is 0 Å². The Bertz CT molecular complexity index is 382. The van der Waals surface area contributed by atoms with Crippen LogP contribution in [0, 0.1) is 6.92 Å². The lowest BCUT2D eigenvalue weighted by Gasteiger charge is -2.08. The maximum atomic E-state index is 10.9. The number of nitrogen functional groups attached to an aromatic ring is 1. The summed E-state index contributed by atoms with van der Waals surface area (Å²) in [5.74, 6) is -0.0439. The molecule has 0 atom stereocenters. The summed E-state index contributed by atoms with van der Waals surface area (Å²) in [7, 11) is 1.36. The molecule has 0 aliphatic rings. The fraction of sp³-hybridized carbons (Fsp3) is 0.300. The maximum absolute atomic E-state index is 10.9. The van der Waals surface area contributed by atoms with Gasteiger partial charge in [0.2, 0.25) is 0 Å². The Hall–Kier alpha value is -0.870. The van der Waals surface area contributed by atoms with Gasteiger partial charge in [0.1, 0.15) is 0 Å². The van der Waals surface area contributed by atoms with Crippen LogP contribution in [-0.4, -0.2) is 18.8 Å². The van der Waals surface area contributed by atoms with Gasteiger partial charge in [0.25, 0.3) is 0 Å². The van der Waals surface area contributed by atoms with Crippen LogP contribution in [0.15, 0.2) is 17.0 Å². The van der Waals surface area contributed by atoms with E-state index in [1.807, 2.05) is 6.92 Å². The van der Waals surface area contributed by atoms with Crippen molar-refractivity contribution < 1.29 is 9.53 Å². The smallest absolute Gasteiger partial charge is 0.315 e. The van der Waals surface area contributed by atoms with Crippen LogP contribution >= 0.6 is 23.4 Å². The summed E-state index contributed by atoms with van der Waals surface area (Å²) in [6.07, 6.45) is 0. The maximum Gasteiger partial charge on any atom is 0.315 e. The summed E-state index contributed by atoms with van der Waals surface area (Å²) >= 11 is 7.21. The summed E-state index contributed by atoms with van der Waals surface area (Å²) < 4.78 is 4.54. The van der Waals surface area contributed by atoms with Crippen LogP contribution in [-0.2, 0) is 9.53 Å². The molecule has 0 aliphatic heterocycles. The molecule has 0 bridgehead atoms. The second-order valence-corrected chi connectivity index (χ2v) is 4.45. The number of carbonyl (C=O) groups excluding carboxylic acids is 1. The predicted octanol–water partition coefficient (Wildman–Crippen LogP) is 2.50. The van der Waals surface area contributed by atoms with E-state index in [1.54, 1.807) is 12.1 Å². The van der Waals surface area contributed by atoms with E-state index in [4.69, 9.17) is 17.3 Å². The van der Waals surface area contributed by atoms with Crippen molar-refractivity contribution >= 4 is 35.0 Å². The lowest BCUT2D eigenvalue weighted by atomic mass is 10.2. The predicted molar refractivity (Wildman–Crippen MR) is 63.3 cm³/mol. The van der Waals surface area contributed by atoms with Gasteiger partial charge in [-0.05, 0) is 24.6 Å². The molecule has 0 saturated heterocycles. The first kappa shape index (κ1) is 12.2. The van der Waals surface area contributed by atoms with E-state index in [0.717, 1.165) is 10.5 Å². The Morgan fingerprint density at radius 2 is 2.27 bits per heavy atom. The third-order valence-corrected chi connectivity index (χ3v) is 3.13. The van der Waals surface area contributed by atoms with Crippen molar-refractivity contribution in [1.82, 2.24) is 0 Å². The molecular formula is C10H12ClNO2S. The SMILES string of the molecule is COC(=O)CSc1cc(Cl)cc(C)c1N. The number of hydrogen-bond donors (Lipinski definition) is 1. The van der Waals surface area contributed by atoms with Crippen molar-refractivity contribution in [2.45, 2.75) is 11.8 Å². The highest BCUT2D eigenvalue weighted by molar-refractivity contribution is 8.00. The zero-order valence-electron chi connectivity index (χ0n) is 8.54. The monoisotopic (exact) mass is 245 g/mol. The average Bonchev–Trinajstić information content (AvgIpc) is 2.20. The van der Waals surface area contributed by atoms with Crippen LogP contribution in [0.2, 0.25) is 5.02 Å². The highest BCUT2D eigenvalue weighted by atomic mass is 35.5. The standard InChI is InChI=1S/C10H12ClNO2S/c1-6-3-7(11)4-8(10(6)12)15-5-9(13)14-2/h3-4H,5,12H2,1-2H3. The molecule has 0 aromatic heterocycles. The summed E-state index contributed by atoms with van der Waals surface area (Å²) in [4.78, 5) is 11.8. The van der Waals surface area contributed by atoms with Crippen molar-refractivity contribution in [1.29, 1.82) is 0 Å². The van der Waals surface area contributed by atoms with Gasteiger partial charge >= 0.3 is 5.97 Å². The molecule has 0 fully saturated rings. The van der Waals surface area contributed by atoms with Crippen LogP contribution in [0.25, 0.3) is 0 Å². The first-order valence-electron chi connectivity index (χ1n) is 4.30. The van der Waals surface area contributed by atoms with Crippen molar-refractivity contribution in [2.75, 3.05) is 18.6 Å². The van der Waals surface area contributed by atoms with Crippen LogP contribution in [0.5, 0.6) is 0 Å². The quantitative estimate of drug-likeness (QED) is 0.505. The van der Waals surface area contributed by atoms with E-state index in [9.17, 15) is 4.79 Å². The Morgan fingerprint density at radius 1 is 1.60 bits per heavy atom. The number of hydrogen-bond acceptors (Lipinski definition) is 4. The van der Waals surface area contributed by atoms with E-state index in [2.05, 4.69) is 4.74 Å². The zero-order valence-corrected chi connectivity index (χ0v) is 10.1. The number of benzene rings is 1. The summed E-state index contributed by atoms with van der Waals surface area (Å²) in [6.45, 7) is 1.88. The molecule has 2 N–H and O–H groups in total. The Labute approximate surface area is 97.9 Å². The lowest BCUT2D eigenvalue weighted by molar-refractivity contribution is -0.137. The number of nitrogens with two attached hydrogens (primary N) is 1. The number of carbonyl (C=O) groups is 1. The molecule has 3 nitrogen and oxygen atoms in total. The molecule has 0 unspecified atom stereocenters. The fourth-order valence-corrected chi connectivity index (χ4v) is 2.29. The first-order chi connectivity index (χ1) is 7.04. The van der Waals surface area contributed by atoms with E-state index < -0.39 is 0 Å². The first-order valence-corrected chi connectivity index (χ1v) is 5.66. The third kappa shape index (κ3) is 3.32. The van der Waals surface area contributed by atoms with E-state index in [0.29, 0.717) is 10.7 Å². The van der Waals surface area contributed by atoms with Gasteiger partial charge in [-0.15, -0.1) is 11.8 Å². The van der Waals surface area contributed by atoms with Gasteiger partial charge in [0.05, 0.1) is 12.9 Å². The van der Waals surface area contributed by atoms with Crippen molar-refractivity contribution in [3.05, 3.63) is 22.7 Å². The van der Waals surface area contributed by atoms with Gasteiger partial charge in [-0.3, -0.25) is 4.79 Å². The van der Waals surface area contributed by atoms with E-state index in [1.165, 1.54) is 18.9 Å². The molecule has 1 rings (SSSR count). The molecule has 0 amide bonds. The number of halogens is 1. The normalized spacial score (nSPS) is 10.1. The molecule has 5 heteroatoms. The Balaban J connectivity index is 2.81. The summed E-state index contributed by atoms with van der Waals surface area (Å²) in [6, 6.07) is 3.54. The third-order valence-electron chi connectivity index (χ3n) is 1.89. The fourth-order valence-electron chi connectivity index (χ4n) is 1.04. The molecule has 0 radical (unpaired) electrons. The van der Waals surface area contributed by atoms with Gasteiger partial charge < -0.3 is 10.5 Å². The van der Waals surface area contributed by atoms with Gasteiger partial charge in [-0.25, -0.2) is 0 Å². The highest BCUT2D eigenvalue weighted by Gasteiger charge is 2.08. The van der Waals surface area contributed by atoms with Crippen molar-refractivity contribution in [2.24, 2.45) is 0 Å². The van der Waals surface area contributed by atoms with Gasteiger partial charge in [0, 0.05) is 15.6 Å². The second kappa shape index (κ2) is 5.28.